The van der Waals surface area contributed by atoms with Gasteiger partial charge in [-0.15, -0.1) is 0 Å². The molecule has 0 aliphatic carbocycles. The Hall–Kier alpha value is -1.26. The molecule has 0 saturated carbocycles. The number of hydrogen-bond acceptors (Lipinski definition) is 3. The van der Waals surface area contributed by atoms with Crippen molar-refractivity contribution in [3.63, 3.8) is 0 Å². The monoisotopic (exact) mass is 203 g/mol. The van der Waals surface area contributed by atoms with Gasteiger partial charge < -0.3 is 15.2 Å². The van der Waals surface area contributed by atoms with Gasteiger partial charge in [0.05, 0.1) is 12.5 Å². The summed E-state index contributed by atoms with van der Waals surface area (Å²) in [5.41, 5.74) is -0.881. The Balaban J connectivity index is 4.37. The fourth-order valence-corrected chi connectivity index (χ4v) is 1.19. The normalized spacial score (nSPS) is 10.8. The Morgan fingerprint density at radius 3 is 2.14 bits per heavy atom. The topological polar surface area (TPSA) is 75.6 Å². The number of ether oxygens (including phenoxy) is 1. The summed E-state index contributed by atoms with van der Waals surface area (Å²) in [5, 5.41) is 11.4. The molecule has 5 heteroatoms. The van der Waals surface area contributed by atoms with Gasteiger partial charge in [-0.05, 0) is 12.8 Å². The lowest BCUT2D eigenvalue weighted by molar-refractivity contribution is -0.149. The van der Waals surface area contributed by atoms with Crippen molar-refractivity contribution >= 4 is 12.1 Å². The van der Waals surface area contributed by atoms with E-state index in [2.05, 4.69) is 10.1 Å². The van der Waals surface area contributed by atoms with E-state index in [1.54, 1.807) is 13.8 Å². The number of carbonyl (C=O) groups is 2. The van der Waals surface area contributed by atoms with E-state index < -0.39 is 17.5 Å². The average molecular weight is 203 g/mol. The molecule has 0 aromatic carbocycles. The van der Waals surface area contributed by atoms with Crippen molar-refractivity contribution in [3.05, 3.63) is 0 Å². The summed E-state index contributed by atoms with van der Waals surface area (Å²) < 4.78 is 4.37. The minimum atomic E-state index is -0.890. The third kappa shape index (κ3) is 2.90. The molecule has 0 bridgehead atoms. The van der Waals surface area contributed by atoms with E-state index in [9.17, 15) is 9.59 Å². The second kappa shape index (κ2) is 5.47. The molecule has 0 rings (SSSR count). The van der Waals surface area contributed by atoms with Crippen molar-refractivity contribution < 1.29 is 19.4 Å². The first kappa shape index (κ1) is 12.7. The Kier molecular flexibility index (Phi) is 4.97. The predicted molar refractivity (Wildman–Crippen MR) is 51.1 cm³/mol. The van der Waals surface area contributed by atoms with Crippen LogP contribution in [0.2, 0.25) is 0 Å². The Bertz CT molecular complexity index is 211. The number of hydrogen-bond donors (Lipinski definition) is 2. The minimum Gasteiger partial charge on any atom is -0.481 e. The predicted octanol–water partition coefficient (Wildman–Crippen LogP) is 1.23. The number of amides is 1. The number of alkyl carbamates (subject to hydrolysis) is 1. The lowest BCUT2D eigenvalue weighted by Crippen LogP contribution is -2.42. The van der Waals surface area contributed by atoms with Gasteiger partial charge in [0.15, 0.2) is 0 Å². The van der Waals surface area contributed by atoms with Crippen molar-refractivity contribution in [1.29, 1.82) is 0 Å². The highest BCUT2D eigenvalue weighted by atomic mass is 16.5. The van der Waals surface area contributed by atoms with Crippen LogP contribution in [0.15, 0.2) is 0 Å². The lowest BCUT2D eigenvalue weighted by Gasteiger charge is -2.26. The van der Waals surface area contributed by atoms with Crippen LogP contribution in [0, 0.1) is 5.41 Å². The number of carboxylic acids is 1. The smallest absolute Gasteiger partial charge is 0.406 e. The van der Waals surface area contributed by atoms with Crippen LogP contribution in [0.25, 0.3) is 0 Å². The number of methoxy groups -OCH3 is 1. The van der Waals surface area contributed by atoms with Gasteiger partial charge in [0.2, 0.25) is 0 Å². The van der Waals surface area contributed by atoms with Gasteiger partial charge >= 0.3 is 12.1 Å². The molecule has 2 N–H and O–H groups in total. The molecule has 0 radical (unpaired) electrons. The zero-order valence-electron chi connectivity index (χ0n) is 8.79. The van der Waals surface area contributed by atoms with Crippen LogP contribution in [-0.4, -0.2) is 30.8 Å². The fourth-order valence-electron chi connectivity index (χ4n) is 1.19. The van der Waals surface area contributed by atoms with Crippen LogP contribution in [0.5, 0.6) is 0 Å². The quantitative estimate of drug-likeness (QED) is 0.704. The molecule has 0 atom stereocenters. The van der Waals surface area contributed by atoms with Crippen LogP contribution in [0.3, 0.4) is 0 Å². The molecule has 0 aromatic heterocycles. The van der Waals surface area contributed by atoms with Crippen LogP contribution < -0.4 is 5.32 Å². The largest absolute Gasteiger partial charge is 0.481 e. The molecule has 82 valence electrons. The van der Waals surface area contributed by atoms with E-state index in [4.69, 9.17) is 5.11 Å². The summed E-state index contributed by atoms with van der Waals surface area (Å²) in [6, 6.07) is 0. The van der Waals surface area contributed by atoms with Gasteiger partial charge in [0.1, 0.15) is 0 Å². The molecular weight excluding hydrogens is 186 g/mol. The first-order chi connectivity index (χ1) is 6.52. The third-order valence-electron chi connectivity index (χ3n) is 2.56. The molecule has 14 heavy (non-hydrogen) atoms. The SMILES string of the molecule is CCC(CC)(CNC(=O)OC)C(=O)O. The lowest BCUT2D eigenvalue weighted by atomic mass is 9.82. The fraction of sp³-hybridized carbons (Fsp3) is 0.778. The molecule has 0 saturated heterocycles. The first-order valence-electron chi connectivity index (χ1n) is 4.57. The van der Waals surface area contributed by atoms with Crippen LogP contribution >= 0.6 is 0 Å². The van der Waals surface area contributed by atoms with Gasteiger partial charge in [-0.3, -0.25) is 4.79 Å². The number of carboxylic acid groups (broad SMARTS) is 1. The second-order valence-corrected chi connectivity index (χ2v) is 3.14. The highest BCUT2D eigenvalue weighted by Gasteiger charge is 2.35. The van der Waals surface area contributed by atoms with Gasteiger partial charge in [0.25, 0.3) is 0 Å². The standard InChI is InChI=1S/C9H17NO4/c1-4-9(5-2,7(11)12)6-10-8(13)14-3/h4-6H2,1-3H3,(H,10,13)(H,11,12). The Labute approximate surface area is 83.4 Å². The van der Waals surface area contributed by atoms with Crippen molar-refractivity contribution in [2.75, 3.05) is 13.7 Å². The molecule has 0 aliphatic heterocycles. The van der Waals surface area contributed by atoms with E-state index in [1.165, 1.54) is 7.11 Å². The van der Waals surface area contributed by atoms with Crippen LogP contribution in [0.1, 0.15) is 26.7 Å². The van der Waals surface area contributed by atoms with E-state index in [1.807, 2.05) is 0 Å². The Morgan fingerprint density at radius 1 is 1.36 bits per heavy atom. The van der Waals surface area contributed by atoms with Crippen LogP contribution in [0.4, 0.5) is 4.79 Å². The summed E-state index contributed by atoms with van der Waals surface area (Å²) in [6.07, 6.45) is 0.351. The molecule has 0 unspecified atom stereocenters. The number of aliphatic carboxylic acids is 1. The summed E-state index contributed by atoms with van der Waals surface area (Å²) in [5.74, 6) is -0.890. The van der Waals surface area contributed by atoms with Crippen molar-refractivity contribution in [2.45, 2.75) is 26.7 Å². The summed E-state index contributed by atoms with van der Waals surface area (Å²) in [7, 11) is 1.25. The molecule has 0 fully saturated rings. The maximum absolute atomic E-state index is 11.0. The van der Waals surface area contributed by atoms with E-state index in [-0.39, 0.29) is 6.54 Å². The maximum Gasteiger partial charge on any atom is 0.406 e. The van der Waals surface area contributed by atoms with E-state index >= 15 is 0 Å². The second-order valence-electron chi connectivity index (χ2n) is 3.14. The molecular formula is C9H17NO4. The summed E-state index contributed by atoms with van der Waals surface area (Å²) >= 11 is 0. The molecule has 0 aromatic rings. The third-order valence-corrected chi connectivity index (χ3v) is 2.56. The number of carbonyl (C=O) groups excluding carboxylic acids is 1. The first-order valence-corrected chi connectivity index (χ1v) is 4.57. The van der Waals surface area contributed by atoms with Crippen molar-refractivity contribution in [2.24, 2.45) is 5.41 Å². The van der Waals surface area contributed by atoms with Gasteiger partial charge in [-0.25, -0.2) is 4.79 Å². The summed E-state index contributed by atoms with van der Waals surface area (Å²) in [4.78, 5) is 21.8. The molecule has 0 heterocycles. The van der Waals surface area contributed by atoms with E-state index in [0.717, 1.165) is 0 Å². The number of rotatable bonds is 5. The van der Waals surface area contributed by atoms with Crippen LogP contribution in [-0.2, 0) is 9.53 Å². The minimum absolute atomic E-state index is 0.0992. The molecule has 0 aliphatic rings. The van der Waals surface area contributed by atoms with Gasteiger partial charge in [0, 0.05) is 6.54 Å². The van der Waals surface area contributed by atoms with E-state index in [0.29, 0.717) is 12.8 Å². The van der Waals surface area contributed by atoms with Gasteiger partial charge in [-0.1, -0.05) is 13.8 Å². The maximum atomic E-state index is 11.0. The van der Waals surface area contributed by atoms with Gasteiger partial charge in [-0.2, -0.15) is 0 Å². The van der Waals surface area contributed by atoms with Crippen molar-refractivity contribution in [1.82, 2.24) is 5.32 Å². The number of nitrogens with one attached hydrogen (secondary N) is 1. The zero-order valence-corrected chi connectivity index (χ0v) is 8.79. The Morgan fingerprint density at radius 2 is 1.86 bits per heavy atom. The zero-order chi connectivity index (χ0) is 11.2. The molecule has 0 spiro atoms. The summed E-state index contributed by atoms with van der Waals surface area (Å²) in [6.45, 7) is 3.68. The van der Waals surface area contributed by atoms with Crippen molar-refractivity contribution in [3.8, 4) is 0 Å². The highest BCUT2D eigenvalue weighted by molar-refractivity contribution is 5.76. The highest BCUT2D eigenvalue weighted by Crippen LogP contribution is 2.25. The molecule has 1 amide bonds. The molecule has 5 nitrogen and oxygen atoms in total. The average Bonchev–Trinajstić information content (AvgIpc) is 2.19.